The smallest absolute Gasteiger partial charge is 0.262 e. The third-order valence-electron chi connectivity index (χ3n) is 4.14. The van der Waals surface area contributed by atoms with E-state index in [0.717, 1.165) is 23.9 Å². The molecule has 2 aromatic carbocycles. The first-order valence-electron chi connectivity index (χ1n) is 8.79. The minimum absolute atomic E-state index is 0.0648. The summed E-state index contributed by atoms with van der Waals surface area (Å²) in [6, 6.07) is 14.1. The summed E-state index contributed by atoms with van der Waals surface area (Å²) in [4.78, 5) is 24.7. The van der Waals surface area contributed by atoms with Gasteiger partial charge in [-0.3, -0.25) is 9.59 Å². The van der Waals surface area contributed by atoms with Gasteiger partial charge in [0.15, 0.2) is 6.61 Å². The van der Waals surface area contributed by atoms with Crippen LogP contribution < -0.4 is 15.4 Å². The predicted molar refractivity (Wildman–Crippen MR) is 106 cm³/mol. The number of anilines is 1. The van der Waals surface area contributed by atoms with E-state index >= 15 is 0 Å². The number of hydrogen-bond donors (Lipinski definition) is 2. The molecular formula is C20H21BrN2O4. The maximum Gasteiger partial charge on any atom is 0.262 e. The summed E-state index contributed by atoms with van der Waals surface area (Å²) in [5.74, 6) is 0.0171. The lowest BCUT2D eigenvalue weighted by Gasteiger charge is -2.14. The maximum absolute atomic E-state index is 12.5. The number of para-hydroxylation sites is 1. The van der Waals surface area contributed by atoms with Crippen LogP contribution in [-0.4, -0.2) is 37.7 Å². The van der Waals surface area contributed by atoms with Crippen molar-refractivity contribution in [3.63, 3.8) is 0 Å². The van der Waals surface area contributed by atoms with E-state index in [4.69, 9.17) is 9.47 Å². The molecule has 1 unspecified atom stereocenters. The van der Waals surface area contributed by atoms with Crippen molar-refractivity contribution >= 4 is 33.4 Å². The Morgan fingerprint density at radius 1 is 1.15 bits per heavy atom. The molecule has 2 N–H and O–H groups in total. The summed E-state index contributed by atoms with van der Waals surface area (Å²) in [5.41, 5.74) is 0.860. The number of ether oxygens (including phenoxy) is 2. The van der Waals surface area contributed by atoms with Gasteiger partial charge in [0.2, 0.25) is 0 Å². The van der Waals surface area contributed by atoms with Crippen molar-refractivity contribution in [2.24, 2.45) is 0 Å². The number of carbonyl (C=O) groups excluding carboxylic acids is 2. The molecule has 142 valence electrons. The number of nitrogens with one attached hydrogen (secondary N) is 2. The van der Waals surface area contributed by atoms with Gasteiger partial charge in [0.05, 0.1) is 17.4 Å². The van der Waals surface area contributed by atoms with Crippen LogP contribution in [0.5, 0.6) is 5.75 Å². The molecule has 1 aliphatic rings. The fourth-order valence-electron chi connectivity index (χ4n) is 2.76. The van der Waals surface area contributed by atoms with Crippen LogP contribution in [0.25, 0.3) is 0 Å². The van der Waals surface area contributed by atoms with E-state index in [1.165, 1.54) is 0 Å². The van der Waals surface area contributed by atoms with E-state index in [1.54, 1.807) is 36.4 Å². The maximum atomic E-state index is 12.5. The summed E-state index contributed by atoms with van der Waals surface area (Å²) in [5, 5.41) is 5.60. The summed E-state index contributed by atoms with van der Waals surface area (Å²) < 4.78 is 11.9. The number of carbonyl (C=O) groups is 2. The third-order valence-corrected chi connectivity index (χ3v) is 4.67. The minimum atomic E-state index is -0.336. The van der Waals surface area contributed by atoms with Crippen LogP contribution in [0.4, 0.5) is 5.69 Å². The highest BCUT2D eigenvalue weighted by Crippen LogP contribution is 2.18. The van der Waals surface area contributed by atoms with Gasteiger partial charge in [-0.15, -0.1) is 0 Å². The molecule has 0 aromatic heterocycles. The molecule has 2 aromatic rings. The van der Waals surface area contributed by atoms with Gasteiger partial charge in [-0.05, 0) is 49.2 Å². The first-order valence-corrected chi connectivity index (χ1v) is 9.58. The largest absolute Gasteiger partial charge is 0.484 e. The third kappa shape index (κ3) is 5.80. The second-order valence-corrected chi connectivity index (χ2v) is 7.10. The monoisotopic (exact) mass is 432 g/mol. The van der Waals surface area contributed by atoms with Crippen LogP contribution in [0.15, 0.2) is 53.0 Å². The molecule has 3 rings (SSSR count). The normalized spacial score (nSPS) is 16.0. The zero-order valence-electron chi connectivity index (χ0n) is 14.7. The fourth-order valence-corrected chi connectivity index (χ4v) is 3.03. The fraction of sp³-hybridized carbons (Fsp3) is 0.300. The van der Waals surface area contributed by atoms with Crippen molar-refractivity contribution in [2.75, 3.05) is 25.1 Å². The molecule has 0 spiro atoms. The number of rotatable bonds is 7. The van der Waals surface area contributed by atoms with Gasteiger partial charge in [0, 0.05) is 17.6 Å². The molecule has 1 atom stereocenters. The Hall–Kier alpha value is -2.38. The van der Waals surface area contributed by atoms with E-state index in [9.17, 15) is 9.59 Å². The van der Waals surface area contributed by atoms with E-state index in [0.29, 0.717) is 23.5 Å². The molecule has 6 nitrogen and oxygen atoms in total. The Bertz CT molecular complexity index is 789. The van der Waals surface area contributed by atoms with Crippen LogP contribution in [-0.2, 0) is 9.53 Å². The molecule has 1 aliphatic heterocycles. The lowest BCUT2D eigenvalue weighted by molar-refractivity contribution is -0.118. The Morgan fingerprint density at radius 3 is 2.67 bits per heavy atom. The van der Waals surface area contributed by atoms with Crippen LogP contribution >= 0.6 is 15.9 Å². The van der Waals surface area contributed by atoms with Crippen molar-refractivity contribution in [1.29, 1.82) is 0 Å². The molecule has 1 saturated heterocycles. The SMILES string of the molecule is O=C(COc1ccc(Br)cc1)Nc1ccccc1C(=O)NCC1CCCO1. The summed E-state index contributed by atoms with van der Waals surface area (Å²) in [6.45, 7) is 1.06. The highest BCUT2D eigenvalue weighted by molar-refractivity contribution is 9.10. The summed E-state index contributed by atoms with van der Waals surface area (Å²) in [6.07, 6.45) is 2.03. The first kappa shape index (κ1) is 19.4. The molecule has 0 saturated carbocycles. The number of halogens is 1. The second kappa shape index (κ2) is 9.53. The van der Waals surface area contributed by atoms with Crippen molar-refractivity contribution in [2.45, 2.75) is 18.9 Å². The van der Waals surface area contributed by atoms with Crippen LogP contribution in [0.2, 0.25) is 0 Å². The van der Waals surface area contributed by atoms with Gasteiger partial charge < -0.3 is 20.1 Å². The first-order chi connectivity index (χ1) is 13.1. The molecule has 0 aliphatic carbocycles. The Labute approximate surface area is 166 Å². The second-order valence-electron chi connectivity index (χ2n) is 6.18. The molecule has 1 fully saturated rings. The quantitative estimate of drug-likeness (QED) is 0.702. The Kier molecular flexibility index (Phi) is 6.84. The molecule has 1 heterocycles. The molecule has 2 amide bonds. The highest BCUT2D eigenvalue weighted by Gasteiger charge is 2.18. The van der Waals surface area contributed by atoms with Crippen molar-refractivity contribution in [3.05, 3.63) is 58.6 Å². The van der Waals surface area contributed by atoms with E-state index in [-0.39, 0.29) is 24.5 Å². The predicted octanol–water partition coefficient (Wildman–Crippen LogP) is 3.38. The molecular weight excluding hydrogens is 412 g/mol. The van der Waals surface area contributed by atoms with Crippen LogP contribution in [0.1, 0.15) is 23.2 Å². The number of benzene rings is 2. The minimum Gasteiger partial charge on any atom is -0.484 e. The lowest BCUT2D eigenvalue weighted by atomic mass is 10.1. The van der Waals surface area contributed by atoms with Gasteiger partial charge in [0.25, 0.3) is 11.8 Å². The molecule has 0 bridgehead atoms. The van der Waals surface area contributed by atoms with Gasteiger partial charge in [-0.2, -0.15) is 0 Å². The van der Waals surface area contributed by atoms with Crippen LogP contribution in [0, 0.1) is 0 Å². The van der Waals surface area contributed by atoms with Crippen molar-refractivity contribution in [1.82, 2.24) is 5.32 Å². The van der Waals surface area contributed by atoms with Gasteiger partial charge in [-0.25, -0.2) is 0 Å². The zero-order valence-corrected chi connectivity index (χ0v) is 16.3. The Morgan fingerprint density at radius 2 is 1.93 bits per heavy atom. The van der Waals surface area contributed by atoms with E-state index in [1.807, 2.05) is 12.1 Å². The average Bonchev–Trinajstić information content (AvgIpc) is 3.20. The van der Waals surface area contributed by atoms with Gasteiger partial charge in [-0.1, -0.05) is 28.1 Å². The van der Waals surface area contributed by atoms with Gasteiger partial charge in [0.1, 0.15) is 5.75 Å². The molecule has 7 heteroatoms. The van der Waals surface area contributed by atoms with E-state index < -0.39 is 0 Å². The van der Waals surface area contributed by atoms with Crippen molar-refractivity contribution < 1.29 is 19.1 Å². The lowest BCUT2D eigenvalue weighted by Crippen LogP contribution is -2.32. The Balaban J connectivity index is 1.55. The van der Waals surface area contributed by atoms with Gasteiger partial charge >= 0.3 is 0 Å². The summed E-state index contributed by atoms with van der Waals surface area (Å²) in [7, 11) is 0. The molecule has 27 heavy (non-hydrogen) atoms. The average molecular weight is 433 g/mol. The van der Waals surface area contributed by atoms with Crippen LogP contribution in [0.3, 0.4) is 0 Å². The molecule has 0 radical (unpaired) electrons. The zero-order chi connectivity index (χ0) is 19.1. The topological polar surface area (TPSA) is 76.7 Å². The summed E-state index contributed by atoms with van der Waals surface area (Å²) >= 11 is 3.34. The van der Waals surface area contributed by atoms with Crippen molar-refractivity contribution in [3.8, 4) is 5.75 Å². The standard InChI is InChI=1S/C20H21BrN2O4/c21-14-7-9-15(10-8-14)27-13-19(24)23-18-6-2-1-5-17(18)20(25)22-12-16-4-3-11-26-16/h1-2,5-10,16H,3-4,11-13H2,(H,22,25)(H,23,24). The number of hydrogen-bond acceptors (Lipinski definition) is 4. The number of amides is 2. The van der Waals surface area contributed by atoms with E-state index in [2.05, 4.69) is 26.6 Å². The highest BCUT2D eigenvalue weighted by atomic mass is 79.9.